The van der Waals surface area contributed by atoms with Gasteiger partial charge in [-0.15, -0.1) is 13.2 Å². The van der Waals surface area contributed by atoms with E-state index in [1.54, 1.807) is 0 Å². The van der Waals surface area contributed by atoms with Crippen LogP contribution in [0.2, 0.25) is 0 Å². The second-order valence-corrected chi connectivity index (χ2v) is 1.80. The predicted octanol–water partition coefficient (Wildman–Crippen LogP) is 2.36. The summed E-state index contributed by atoms with van der Waals surface area (Å²) in [5, 5.41) is 0. The van der Waals surface area contributed by atoms with E-state index >= 15 is 0 Å². The molecule has 0 aromatic carbocycles. The fraction of sp³-hybridized carbons (Fsp3) is 0.167. The van der Waals surface area contributed by atoms with Gasteiger partial charge in [0.05, 0.1) is 0 Å². The zero-order valence-electron chi connectivity index (χ0n) is 5.31. The molecule has 0 spiro atoms. The highest BCUT2D eigenvalue weighted by molar-refractivity contribution is 5.20. The minimum atomic E-state index is -4.67. The lowest BCUT2D eigenvalue weighted by molar-refractivity contribution is -0.274. The number of halogens is 3. The SMILES string of the molecule is [CH2]c1cc(OC(F)(F)F)co1. The van der Waals surface area contributed by atoms with E-state index in [1.165, 1.54) is 0 Å². The zero-order chi connectivity index (χ0) is 8.48. The molecule has 0 amide bonds. The van der Waals surface area contributed by atoms with Crippen molar-refractivity contribution in [3.8, 4) is 5.75 Å². The zero-order valence-corrected chi connectivity index (χ0v) is 5.31. The van der Waals surface area contributed by atoms with Gasteiger partial charge in [-0.05, 0) is 0 Å². The number of hydrogen-bond donors (Lipinski definition) is 0. The molecule has 0 fully saturated rings. The number of alkyl halides is 3. The van der Waals surface area contributed by atoms with Crippen molar-refractivity contribution >= 4 is 0 Å². The summed E-state index contributed by atoms with van der Waals surface area (Å²) in [6.45, 7) is 3.26. The van der Waals surface area contributed by atoms with Gasteiger partial charge in [0.1, 0.15) is 12.0 Å². The third-order valence-corrected chi connectivity index (χ3v) is 0.863. The van der Waals surface area contributed by atoms with Crippen LogP contribution in [0.25, 0.3) is 0 Å². The lowest BCUT2D eigenvalue weighted by atomic mass is 10.5. The van der Waals surface area contributed by atoms with Gasteiger partial charge in [-0.25, -0.2) is 0 Å². The summed E-state index contributed by atoms with van der Waals surface area (Å²) in [6, 6.07) is 1.05. The quantitative estimate of drug-likeness (QED) is 0.637. The summed E-state index contributed by atoms with van der Waals surface area (Å²) in [5.74, 6) is -0.258. The summed E-state index contributed by atoms with van der Waals surface area (Å²) in [6.07, 6.45) is -3.83. The van der Waals surface area contributed by atoms with Crippen LogP contribution in [0.15, 0.2) is 16.7 Å². The van der Waals surface area contributed by atoms with Gasteiger partial charge in [0, 0.05) is 13.0 Å². The first-order valence-electron chi connectivity index (χ1n) is 2.63. The molecule has 0 atom stereocenters. The molecule has 1 rings (SSSR count). The Bertz CT molecular complexity index is 238. The van der Waals surface area contributed by atoms with Gasteiger partial charge in [-0.2, -0.15) is 0 Å². The van der Waals surface area contributed by atoms with Crippen LogP contribution in [0.4, 0.5) is 13.2 Å². The Morgan fingerprint density at radius 3 is 2.45 bits per heavy atom. The van der Waals surface area contributed by atoms with E-state index in [4.69, 9.17) is 0 Å². The largest absolute Gasteiger partial charge is 0.573 e. The number of ether oxygens (including phenoxy) is 1. The Morgan fingerprint density at radius 1 is 1.45 bits per heavy atom. The highest BCUT2D eigenvalue weighted by Crippen LogP contribution is 2.23. The molecule has 0 bridgehead atoms. The molecule has 1 aromatic rings. The van der Waals surface area contributed by atoms with Crippen LogP contribution in [-0.2, 0) is 0 Å². The number of rotatable bonds is 1. The van der Waals surface area contributed by atoms with Crippen LogP contribution >= 0.6 is 0 Å². The minimum Gasteiger partial charge on any atom is -0.465 e. The molecule has 5 heteroatoms. The summed E-state index contributed by atoms with van der Waals surface area (Å²) in [5.41, 5.74) is 0. The molecule has 1 heterocycles. The highest BCUT2D eigenvalue weighted by Gasteiger charge is 2.31. The standard InChI is InChI=1S/C6H4F3O2/c1-4-2-5(3-10-4)11-6(7,8)9/h2-3H,1H2. The average molecular weight is 165 g/mol. The Kier molecular flexibility index (Phi) is 1.80. The smallest absolute Gasteiger partial charge is 0.465 e. The molecule has 61 valence electrons. The lowest BCUT2D eigenvalue weighted by Gasteiger charge is -2.04. The molecule has 0 saturated heterocycles. The monoisotopic (exact) mass is 165 g/mol. The fourth-order valence-electron chi connectivity index (χ4n) is 0.548. The second kappa shape index (κ2) is 2.48. The minimum absolute atomic E-state index is 0.129. The topological polar surface area (TPSA) is 22.4 Å². The van der Waals surface area contributed by atoms with Crippen LogP contribution in [0.5, 0.6) is 5.75 Å². The van der Waals surface area contributed by atoms with Gasteiger partial charge in [0.25, 0.3) is 0 Å². The molecule has 0 aliphatic rings. The first kappa shape index (κ1) is 7.97. The second-order valence-electron chi connectivity index (χ2n) is 1.80. The van der Waals surface area contributed by atoms with Crippen LogP contribution in [-0.4, -0.2) is 6.36 Å². The van der Waals surface area contributed by atoms with E-state index in [1.807, 2.05) is 0 Å². The predicted molar refractivity (Wildman–Crippen MR) is 29.9 cm³/mol. The van der Waals surface area contributed by atoms with E-state index in [-0.39, 0.29) is 11.5 Å². The van der Waals surface area contributed by atoms with Crippen molar-refractivity contribution in [1.29, 1.82) is 0 Å². The van der Waals surface area contributed by atoms with Crippen LogP contribution < -0.4 is 4.74 Å². The first-order chi connectivity index (χ1) is 4.97. The van der Waals surface area contributed by atoms with Crippen molar-refractivity contribution in [3.63, 3.8) is 0 Å². The maximum atomic E-state index is 11.5. The van der Waals surface area contributed by atoms with Crippen LogP contribution in [0.3, 0.4) is 0 Å². The van der Waals surface area contributed by atoms with Crippen LogP contribution in [0, 0.1) is 6.92 Å². The van der Waals surface area contributed by atoms with Crippen molar-refractivity contribution in [2.75, 3.05) is 0 Å². The first-order valence-corrected chi connectivity index (χ1v) is 2.63. The van der Waals surface area contributed by atoms with Gasteiger partial charge in [-0.1, -0.05) is 0 Å². The van der Waals surface area contributed by atoms with Gasteiger partial charge >= 0.3 is 6.36 Å². The summed E-state index contributed by atoms with van der Waals surface area (Å²) in [7, 11) is 0. The molecule has 0 N–H and O–H groups in total. The summed E-state index contributed by atoms with van der Waals surface area (Å²) < 4.78 is 42.4. The average Bonchev–Trinajstić information content (AvgIpc) is 2.10. The molecule has 2 nitrogen and oxygen atoms in total. The molecule has 0 aliphatic carbocycles. The van der Waals surface area contributed by atoms with E-state index in [2.05, 4.69) is 16.1 Å². The summed E-state index contributed by atoms with van der Waals surface area (Å²) in [4.78, 5) is 0. The molecule has 0 saturated carbocycles. The third-order valence-electron chi connectivity index (χ3n) is 0.863. The Balaban J connectivity index is 2.65. The van der Waals surface area contributed by atoms with Crippen molar-refractivity contribution < 1.29 is 22.3 Å². The number of hydrogen-bond acceptors (Lipinski definition) is 2. The molecule has 0 unspecified atom stereocenters. The molecule has 1 aromatic heterocycles. The lowest BCUT2D eigenvalue weighted by Crippen LogP contribution is -2.16. The van der Waals surface area contributed by atoms with Crippen molar-refractivity contribution in [3.05, 3.63) is 25.0 Å². The Labute approximate surface area is 60.6 Å². The van der Waals surface area contributed by atoms with Crippen LogP contribution in [0.1, 0.15) is 5.76 Å². The van der Waals surface area contributed by atoms with E-state index in [9.17, 15) is 13.2 Å². The normalized spacial score (nSPS) is 11.6. The van der Waals surface area contributed by atoms with Gasteiger partial charge in [0.15, 0.2) is 5.75 Å². The van der Waals surface area contributed by atoms with Gasteiger partial charge in [0.2, 0.25) is 0 Å². The van der Waals surface area contributed by atoms with Gasteiger partial charge < -0.3 is 9.15 Å². The molecule has 0 aliphatic heterocycles. The molecular weight excluding hydrogens is 161 g/mol. The molecule has 11 heavy (non-hydrogen) atoms. The van der Waals surface area contributed by atoms with Crippen molar-refractivity contribution in [2.45, 2.75) is 6.36 Å². The maximum absolute atomic E-state index is 11.5. The Morgan fingerprint density at radius 2 is 2.09 bits per heavy atom. The summed E-state index contributed by atoms with van der Waals surface area (Å²) >= 11 is 0. The maximum Gasteiger partial charge on any atom is 0.573 e. The number of furan rings is 1. The van der Waals surface area contributed by atoms with Gasteiger partial charge in [-0.3, -0.25) is 0 Å². The van der Waals surface area contributed by atoms with Crippen molar-refractivity contribution in [1.82, 2.24) is 0 Å². The van der Waals surface area contributed by atoms with Crippen molar-refractivity contribution in [2.24, 2.45) is 0 Å². The van der Waals surface area contributed by atoms with E-state index in [0.29, 0.717) is 0 Å². The Hall–Kier alpha value is -1.13. The molecule has 1 radical (unpaired) electrons. The highest BCUT2D eigenvalue weighted by atomic mass is 19.4. The van der Waals surface area contributed by atoms with E-state index in [0.717, 1.165) is 12.3 Å². The third kappa shape index (κ3) is 2.53. The van der Waals surface area contributed by atoms with E-state index < -0.39 is 6.36 Å². The fourth-order valence-corrected chi connectivity index (χ4v) is 0.548. The molecular formula is C6H4F3O2.